The molecule has 0 bridgehead atoms. The van der Waals surface area contributed by atoms with Gasteiger partial charge in [0.15, 0.2) is 0 Å². The number of anilines is 1. The van der Waals surface area contributed by atoms with Gasteiger partial charge < -0.3 is 10.2 Å². The van der Waals surface area contributed by atoms with Gasteiger partial charge in [-0.05, 0) is 44.4 Å². The van der Waals surface area contributed by atoms with Crippen LogP contribution >= 0.6 is 0 Å². The van der Waals surface area contributed by atoms with Crippen LogP contribution in [0.15, 0.2) is 24.3 Å². The van der Waals surface area contributed by atoms with Crippen molar-refractivity contribution in [1.29, 1.82) is 5.26 Å². The van der Waals surface area contributed by atoms with E-state index in [4.69, 9.17) is 0 Å². The number of benzene rings is 1. The predicted molar refractivity (Wildman–Crippen MR) is 101 cm³/mol. The quantitative estimate of drug-likeness (QED) is 0.893. The zero-order chi connectivity index (χ0) is 18.6. The number of hydrogen-bond acceptors (Lipinski definition) is 4. The van der Waals surface area contributed by atoms with E-state index >= 15 is 0 Å². The first kappa shape index (κ1) is 19.3. The molecule has 0 spiro atoms. The molecule has 2 atom stereocenters. The summed E-state index contributed by atoms with van der Waals surface area (Å²) in [6.07, 6.45) is 0. The minimum atomic E-state index is -0.825. The van der Waals surface area contributed by atoms with Crippen molar-refractivity contribution in [3.05, 3.63) is 29.8 Å². The Morgan fingerprint density at radius 1 is 1.24 bits per heavy atom. The zero-order valence-corrected chi connectivity index (χ0v) is 16.0. The van der Waals surface area contributed by atoms with Crippen LogP contribution in [0.25, 0.3) is 0 Å². The Bertz CT molecular complexity index is 643. The molecule has 0 radical (unpaired) electrons. The lowest BCUT2D eigenvalue weighted by atomic mass is 9.89. The number of nitrogens with one attached hydrogen (secondary N) is 1. The van der Waals surface area contributed by atoms with Gasteiger partial charge in [0, 0.05) is 31.9 Å². The van der Waals surface area contributed by atoms with Crippen LogP contribution in [0.1, 0.15) is 33.3 Å². The number of aryl methyl sites for hydroxylation is 1. The maximum atomic E-state index is 12.6. The Morgan fingerprint density at radius 3 is 2.40 bits per heavy atom. The summed E-state index contributed by atoms with van der Waals surface area (Å²) < 4.78 is 0. The Morgan fingerprint density at radius 2 is 1.88 bits per heavy atom. The zero-order valence-electron chi connectivity index (χ0n) is 16.0. The molecule has 1 aromatic carbocycles. The summed E-state index contributed by atoms with van der Waals surface area (Å²) >= 11 is 0. The van der Waals surface area contributed by atoms with Crippen molar-refractivity contribution >= 4 is 11.6 Å². The van der Waals surface area contributed by atoms with Gasteiger partial charge in [-0.2, -0.15) is 5.26 Å². The SMILES string of the molecule is Cc1cccc(N2CCN(C(C)C(=O)NC(C)(C#N)C(C)C)CC2)c1. The van der Waals surface area contributed by atoms with Crippen molar-refractivity contribution in [3.63, 3.8) is 0 Å². The highest BCUT2D eigenvalue weighted by atomic mass is 16.2. The molecule has 0 saturated carbocycles. The molecule has 1 heterocycles. The van der Waals surface area contributed by atoms with Crippen LogP contribution in [0.3, 0.4) is 0 Å². The fourth-order valence-corrected chi connectivity index (χ4v) is 3.02. The molecule has 1 aromatic rings. The lowest BCUT2D eigenvalue weighted by molar-refractivity contribution is -0.127. The van der Waals surface area contributed by atoms with Crippen molar-refractivity contribution in [1.82, 2.24) is 10.2 Å². The van der Waals surface area contributed by atoms with Crippen LogP contribution < -0.4 is 10.2 Å². The Kier molecular flexibility index (Phi) is 6.07. The number of carbonyl (C=O) groups excluding carboxylic acids is 1. The lowest BCUT2D eigenvalue weighted by Gasteiger charge is -2.39. The summed E-state index contributed by atoms with van der Waals surface area (Å²) in [4.78, 5) is 17.2. The highest BCUT2D eigenvalue weighted by Crippen LogP contribution is 2.20. The second-order valence-corrected chi connectivity index (χ2v) is 7.50. The van der Waals surface area contributed by atoms with Crippen molar-refractivity contribution in [3.8, 4) is 6.07 Å². The molecule has 136 valence electrons. The summed E-state index contributed by atoms with van der Waals surface area (Å²) in [6, 6.07) is 10.5. The molecule has 1 aliphatic heterocycles. The summed E-state index contributed by atoms with van der Waals surface area (Å²) in [5.41, 5.74) is 1.68. The molecule has 5 heteroatoms. The van der Waals surface area contributed by atoms with E-state index in [0.717, 1.165) is 26.2 Å². The number of amides is 1. The molecule has 1 saturated heterocycles. The molecule has 2 unspecified atom stereocenters. The van der Waals surface area contributed by atoms with Crippen LogP contribution in [-0.4, -0.2) is 48.6 Å². The first-order valence-electron chi connectivity index (χ1n) is 9.06. The van der Waals surface area contributed by atoms with Crippen molar-refractivity contribution in [2.75, 3.05) is 31.1 Å². The maximum absolute atomic E-state index is 12.6. The molecule has 1 aliphatic rings. The van der Waals surface area contributed by atoms with Gasteiger partial charge in [0.1, 0.15) is 5.54 Å². The van der Waals surface area contributed by atoms with Crippen molar-refractivity contribution < 1.29 is 4.79 Å². The Balaban J connectivity index is 1.93. The largest absolute Gasteiger partial charge is 0.369 e. The minimum Gasteiger partial charge on any atom is -0.369 e. The second kappa shape index (κ2) is 7.88. The highest BCUT2D eigenvalue weighted by molar-refractivity contribution is 5.82. The minimum absolute atomic E-state index is 0.0619. The van der Waals surface area contributed by atoms with Gasteiger partial charge in [0.25, 0.3) is 0 Å². The normalized spacial score (nSPS) is 19.2. The molecule has 0 aliphatic carbocycles. The predicted octanol–water partition coefficient (Wildman–Crippen LogP) is 2.56. The van der Waals surface area contributed by atoms with E-state index < -0.39 is 5.54 Å². The van der Waals surface area contributed by atoms with Crippen LogP contribution in [0.2, 0.25) is 0 Å². The van der Waals surface area contributed by atoms with Crippen LogP contribution in [0.5, 0.6) is 0 Å². The van der Waals surface area contributed by atoms with Gasteiger partial charge in [-0.25, -0.2) is 0 Å². The van der Waals surface area contributed by atoms with E-state index in [1.165, 1.54) is 11.3 Å². The van der Waals surface area contributed by atoms with Gasteiger partial charge >= 0.3 is 0 Å². The molecule has 5 nitrogen and oxygen atoms in total. The third kappa shape index (κ3) is 4.52. The fourth-order valence-electron chi connectivity index (χ4n) is 3.02. The van der Waals surface area contributed by atoms with E-state index in [0.29, 0.717) is 0 Å². The number of carbonyl (C=O) groups is 1. The number of nitrogens with zero attached hydrogens (tertiary/aromatic N) is 3. The van der Waals surface area contributed by atoms with Crippen molar-refractivity contribution in [2.24, 2.45) is 5.92 Å². The molecular weight excluding hydrogens is 312 g/mol. The molecule has 25 heavy (non-hydrogen) atoms. The standard InChI is InChI=1S/C20H30N4O/c1-15(2)20(5,14-21)22-19(25)17(4)23-9-11-24(12-10-23)18-8-6-7-16(3)13-18/h6-8,13,15,17H,9-12H2,1-5H3,(H,22,25). The van der Waals surface area contributed by atoms with Gasteiger partial charge in [-0.3, -0.25) is 9.69 Å². The smallest absolute Gasteiger partial charge is 0.238 e. The number of piperazine rings is 1. The van der Waals surface area contributed by atoms with Crippen LogP contribution in [0, 0.1) is 24.2 Å². The van der Waals surface area contributed by atoms with Gasteiger partial charge in [-0.15, -0.1) is 0 Å². The van der Waals surface area contributed by atoms with E-state index in [2.05, 4.69) is 52.4 Å². The fraction of sp³-hybridized carbons (Fsp3) is 0.600. The van der Waals surface area contributed by atoms with E-state index in [-0.39, 0.29) is 17.9 Å². The Labute approximate surface area is 151 Å². The number of rotatable bonds is 5. The molecular formula is C20H30N4O. The van der Waals surface area contributed by atoms with E-state index in [1.54, 1.807) is 6.92 Å². The molecule has 1 fully saturated rings. The highest BCUT2D eigenvalue weighted by Gasteiger charge is 2.33. The van der Waals surface area contributed by atoms with Gasteiger partial charge in [0.05, 0.1) is 12.1 Å². The number of hydrogen-bond donors (Lipinski definition) is 1. The number of nitriles is 1. The summed E-state index contributed by atoms with van der Waals surface area (Å²) in [5, 5.41) is 12.3. The van der Waals surface area contributed by atoms with Crippen LogP contribution in [0.4, 0.5) is 5.69 Å². The van der Waals surface area contributed by atoms with Crippen molar-refractivity contribution in [2.45, 2.75) is 46.2 Å². The maximum Gasteiger partial charge on any atom is 0.238 e. The summed E-state index contributed by atoms with van der Waals surface area (Å²) in [6.45, 7) is 13.2. The lowest BCUT2D eigenvalue weighted by Crippen LogP contribution is -2.58. The van der Waals surface area contributed by atoms with E-state index in [9.17, 15) is 10.1 Å². The molecule has 1 amide bonds. The van der Waals surface area contributed by atoms with E-state index in [1.807, 2.05) is 20.8 Å². The molecule has 2 rings (SSSR count). The monoisotopic (exact) mass is 342 g/mol. The first-order valence-corrected chi connectivity index (χ1v) is 9.06. The van der Waals surface area contributed by atoms with Gasteiger partial charge in [0.2, 0.25) is 5.91 Å². The first-order chi connectivity index (χ1) is 11.8. The average molecular weight is 342 g/mol. The van der Waals surface area contributed by atoms with Crippen LogP contribution in [-0.2, 0) is 4.79 Å². The topological polar surface area (TPSA) is 59.4 Å². The van der Waals surface area contributed by atoms with Gasteiger partial charge in [-0.1, -0.05) is 26.0 Å². The third-order valence-electron chi connectivity index (χ3n) is 5.38. The second-order valence-electron chi connectivity index (χ2n) is 7.50. The average Bonchev–Trinajstić information content (AvgIpc) is 2.60. The third-order valence-corrected chi connectivity index (χ3v) is 5.38. The molecule has 1 N–H and O–H groups in total. The summed E-state index contributed by atoms with van der Waals surface area (Å²) in [5.74, 6) is -0.00595. The molecule has 0 aromatic heterocycles. The Hall–Kier alpha value is -2.06. The summed E-state index contributed by atoms with van der Waals surface area (Å²) in [7, 11) is 0.